The first-order chi connectivity index (χ1) is 21.8. The van der Waals surface area contributed by atoms with Gasteiger partial charge in [0.15, 0.2) is 0 Å². The van der Waals surface area contributed by atoms with Crippen LogP contribution in [0.15, 0.2) is 176 Å². The van der Waals surface area contributed by atoms with Gasteiger partial charge in [0, 0.05) is 17.2 Å². The molecular formula is C40H29N3Si. The van der Waals surface area contributed by atoms with Gasteiger partial charge in [0.2, 0.25) is 8.07 Å². The van der Waals surface area contributed by atoms with E-state index in [9.17, 15) is 0 Å². The maximum Gasteiger partial charge on any atom is 0.201 e. The highest BCUT2D eigenvalue weighted by atomic mass is 28.3. The number of pyridine rings is 2. The van der Waals surface area contributed by atoms with Crippen molar-refractivity contribution in [1.29, 1.82) is 0 Å². The van der Waals surface area contributed by atoms with Crippen LogP contribution in [0.3, 0.4) is 0 Å². The Morgan fingerprint density at radius 3 is 1.57 bits per heavy atom. The average Bonchev–Trinajstić information content (AvgIpc) is 3.44. The van der Waals surface area contributed by atoms with E-state index < -0.39 is 8.07 Å². The Morgan fingerprint density at radius 1 is 0.409 bits per heavy atom. The van der Waals surface area contributed by atoms with Crippen molar-refractivity contribution in [3.8, 4) is 16.8 Å². The summed E-state index contributed by atoms with van der Waals surface area (Å²) >= 11 is 0. The summed E-state index contributed by atoms with van der Waals surface area (Å²) < 4.78 is 2.28. The molecule has 3 nitrogen and oxygen atoms in total. The van der Waals surface area contributed by atoms with Crippen LogP contribution in [0.2, 0.25) is 0 Å². The van der Waals surface area contributed by atoms with E-state index in [1.807, 2.05) is 12.3 Å². The molecule has 0 saturated carbocycles. The van der Waals surface area contributed by atoms with Gasteiger partial charge >= 0.3 is 0 Å². The minimum absolute atomic E-state index is 0.914. The van der Waals surface area contributed by atoms with Crippen LogP contribution >= 0.6 is 0 Å². The topological polar surface area (TPSA) is 30.7 Å². The van der Waals surface area contributed by atoms with Crippen molar-refractivity contribution in [2.24, 2.45) is 0 Å². The third-order valence-corrected chi connectivity index (χ3v) is 13.2. The van der Waals surface area contributed by atoms with E-state index in [0.29, 0.717) is 0 Å². The Hall–Kier alpha value is -5.58. The monoisotopic (exact) mass is 579 g/mol. The second kappa shape index (κ2) is 10.9. The first-order valence-electron chi connectivity index (χ1n) is 14.9. The number of nitrogens with zero attached hydrogens (tertiary/aromatic N) is 3. The summed E-state index contributed by atoms with van der Waals surface area (Å²) in [5, 5.41) is 4.98. The molecule has 0 bridgehead atoms. The summed E-state index contributed by atoms with van der Waals surface area (Å²) in [6, 6.07) is 60.8. The molecule has 4 heteroatoms. The van der Waals surface area contributed by atoms with E-state index in [1.165, 1.54) is 26.7 Å². The second-order valence-corrected chi connectivity index (χ2v) is 14.8. The number of fused-ring (bicyclic) bond motifs is 3. The van der Waals surface area contributed by atoms with E-state index >= 15 is 0 Å². The minimum Gasteiger partial charge on any atom is -0.306 e. The fourth-order valence-corrected chi connectivity index (χ4v) is 11.2. The molecule has 8 aromatic rings. The number of para-hydroxylation sites is 1. The number of hydrogen-bond acceptors (Lipinski definition) is 2. The Labute approximate surface area is 257 Å². The molecule has 0 N–H and O–H groups in total. The van der Waals surface area contributed by atoms with Crippen LogP contribution in [0.4, 0.5) is 0 Å². The van der Waals surface area contributed by atoms with E-state index in [4.69, 9.17) is 9.97 Å². The van der Waals surface area contributed by atoms with Gasteiger partial charge in [-0.05, 0) is 63.1 Å². The SMILES string of the molecule is c1ccc(-c2ccc([Si](c3ccccc3)(c3ccccc3)c3ccc4c(n3)c3ncccc3n4-c3ccccc3)cc2)cc1. The summed E-state index contributed by atoms with van der Waals surface area (Å²) in [6.45, 7) is 0. The quantitative estimate of drug-likeness (QED) is 0.164. The molecule has 8 rings (SSSR count). The zero-order chi connectivity index (χ0) is 29.3. The zero-order valence-corrected chi connectivity index (χ0v) is 25.1. The van der Waals surface area contributed by atoms with E-state index in [1.54, 1.807) is 0 Å². The van der Waals surface area contributed by atoms with Crippen molar-refractivity contribution in [2.75, 3.05) is 0 Å². The van der Waals surface area contributed by atoms with Crippen molar-refractivity contribution in [1.82, 2.24) is 14.5 Å². The summed E-state index contributed by atoms with van der Waals surface area (Å²) in [6.07, 6.45) is 1.87. The third kappa shape index (κ3) is 4.19. The van der Waals surface area contributed by atoms with Crippen LogP contribution in [0.25, 0.3) is 38.9 Å². The Bertz CT molecular complexity index is 2150. The largest absolute Gasteiger partial charge is 0.306 e. The highest BCUT2D eigenvalue weighted by Gasteiger charge is 2.43. The Morgan fingerprint density at radius 2 is 0.932 bits per heavy atom. The lowest BCUT2D eigenvalue weighted by molar-refractivity contribution is 1.17. The van der Waals surface area contributed by atoms with Crippen LogP contribution in [-0.4, -0.2) is 22.6 Å². The normalized spacial score (nSPS) is 11.6. The van der Waals surface area contributed by atoms with Crippen LogP contribution in [0.1, 0.15) is 0 Å². The fourth-order valence-electron chi connectivity index (χ4n) is 6.62. The van der Waals surface area contributed by atoms with Crippen molar-refractivity contribution in [3.05, 3.63) is 176 Å². The number of hydrogen-bond donors (Lipinski definition) is 0. The van der Waals surface area contributed by atoms with Gasteiger partial charge in [-0.1, -0.05) is 133 Å². The summed E-state index contributed by atoms with van der Waals surface area (Å²) in [5.74, 6) is 0. The molecular weight excluding hydrogens is 551 g/mol. The minimum atomic E-state index is -2.85. The highest BCUT2D eigenvalue weighted by Crippen LogP contribution is 2.29. The maximum absolute atomic E-state index is 5.61. The lowest BCUT2D eigenvalue weighted by atomic mass is 10.1. The van der Waals surface area contributed by atoms with Crippen molar-refractivity contribution >= 4 is 51.0 Å². The van der Waals surface area contributed by atoms with Gasteiger partial charge in [-0.3, -0.25) is 9.97 Å². The van der Waals surface area contributed by atoms with Crippen molar-refractivity contribution in [2.45, 2.75) is 0 Å². The highest BCUT2D eigenvalue weighted by molar-refractivity contribution is 7.19. The van der Waals surface area contributed by atoms with Gasteiger partial charge in [0.05, 0.1) is 11.0 Å². The standard InChI is InChI=1S/C40H29N3Si/c1-5-14-30(15-6-1)31-23-25-35(26-24-31)44(33-18-9-3-10-19-33,34-20-11-4-12-21-34)38-28-27-37-40(42-38)39-36(22-13-29-41-39)43(37)32-16-7-2-8-17-32/h1-29H. The smallest absolute Gasteiger partial charge is 0.201 e. The molecule has 0 saturated heterocycles. The number of benzene rings is 5. The molecule has 0 unspecified atom stereocenters. The molecule has 3 aromatic heterocycles. The molecule has 44 heavy (non-hydrogen) atoms. The van der Waals surface area contributed by atoms with Crippen molar-refractivity contribution in [3.63, 3.8) is 0 Å². The van der Waals surface area contributed by atoms with Crippen LogP contribution < -0.4 is 20.9 Å². The van der Waals surface area contributed by atoms with Gasteiger partial charge in [-0.15, -0.1) is 0 Å². The molecule has 3 heterocycles. The number of aromatic nitrogens is 3. The Balaban J connectivity index is 1.44. The molecule has 5 aromatic carbocycles. The molecule has 0 aliphatic carbocycles. The zero-order valence-electron chi connectivity index (χ0n) is 24.1. The summed E-state index contributed by atoms with van der Waals surface area (Å²) in [5.41, 5.74) is 7.46. The second-order valence-electron chi connectivity index (χ2n) is 11.0. The lowest BCUT2D eigenvalue weighted by Crippen LogP contribution is -2.75. The van der Waals surface area contributed by atoms with Crippen LogP contribution in [0, 0.1) is 0 Å². The Kier molecular flexibility index (Phi) is 6.47. The molecule has 0 aliphatic rings. The number of rotatable bonds is 6. The van der Waals surface area contributed by atoms with E-state index in [0.717, 1.165) is 33.1 Å². The van der Waals surface area contributed by atoms with Gasteiger partial charge in [0.25, 0.3) is 0 Å². The fraction of sp³-hybridized carbons (Fsp3) is 0. The third-order valence-electron chi connectivity index (χ3n) is 8.60. The first-order valence-corrected chi connectivity index (χ1v) is 16.9. The summed E-state index contributed by atoms with van der Waals surface area (Å²) in [7, 11) is -2.85. The molecule has 0 radical (unpaired) electrons. The van der Waals surface area contributed by atoms with Gasteiger partial charge in [-0.25, -0.2) is 0 Å². The van der Waals surface area contributed by atoms with E-state index in [-0.39, 0.29) is 0 Å². The average molecular weight is 580 g/mol. The lowest BCUT2D eigenvalue weighted by Gasteiger charge is -2.33. The first kappa shape index (κ1) is 26.1. The van der Waals surface area contributed by atoms with E-state index in [2.05, 4.69) is 168 Å². The molecule has 0 amide bonds. The van der Waals surface area contributed by atoms with Gasteiger partial charge in [0.1, 0.15) is 11.0 Å². The van der Waals surface area contributed by atoms with Crippen LogP contribution in [-0.2, 0) is 0 Å². The van der Waals surface area contributed by atoms with Crippen molar-refractivity contribution < 1.29 is 0 Å². The summed E-state index contributed by atoms with van der Waals surface area (Å²) in [4.78, 5) is 10.5. The van der Waals surface area contributed by atoms with Gasteiger partial charge in [-0.2, -0.15) is 0 Å². The maximum atomic E-state index is 5.61. The predicted molar refractivity (Wildman–Crippen MR) is 185 cm³/mol. The van der Waals surface area contributed by atoms with Crippen LogP contribution in [0.5, 0.6) is 0 Å². The molecule has 0 atom stereocenters. The molecule has 0 aliphatic heterocycles. The molecule has 0 spiro atoms. The predicted octanol–water partition coefficient (Wildman–Crippen LogP) is 6.62. The molecule has 208 valence electrons. The molecule has 0 fully saturated rings. The van der Waals surface area contributed by atoms with Gasteiger partial charge < -0.3 is 4.57 Å².